The fourth-order valence-electron chi connectivity index (χ4n) is 4.50. The van der Waals surface area contributed by atoms with Gasteiger partial charge in [0.2, 0.25) is 0 Å². The fraction of sp³-hybridized carbons (Fsp3) is 0.292. The van der Waals surface area contributed by atoms with Crippen LogP contribution in [0.15, 0.2) is 48.4 Å². The van der Waals surface area contributed by atoms with Crippen molar-refractivity contribution in [1.29, 1.82) is 0 Å². The second-order valence-corrected chi connectivity index (χ2v) is 8.47. The molecule has 0 amide bonds. The molecule has 7 heteroatoms. The first kappa shape index (κ1) is 19.9. The van der Waals surface area contributed by atoms with Crippen LogP contribution in [-0.2, 0) is 12.8 Å². The van der Waals surface area contributed by atoms with Gasteiger partial charge in [0.1, 0.15) is 23.6 Å². The van der Waals surface area contributed by atoms with Crippen molar-refractivity contribution in [3.63, 3.8) is 0 Å². The summed E-state index contributed by atoms with van der Waals surface area (Å²) in [5.41, 5.74) is 10.7. The largest absolute Gasteiger partial charge is 0.382 e. The van der Waals surface area contributed by atoms with Gasteiger partial charge in [-0.15, -0.1) is 0 Å². The Kier molecular flexibility index (Phi) is 5.10. The highest BCUT2D eigenvalue weighted by Crippen LogP contribution is 2.34. The van der Waals surface area contributed by atoms with Gasteiger partial charge in [-0.1, -0.05) is 30.2 Å². The Morgan fingerprint density at radius 1 is 1.19 bits per heavy atom. The van der Waals surface area contributed by atoms with Gasteiger partial charge in [0.05, 0.1) is 22.3 Å². The van der Waals surface area contributed by atoms with Gasteiger partial charge in [0.15, 0.2) is 0 Å². The third-order valence-corrected chi connectivity index (χ3v) is 6.43. The molecule has 0 aliphatic heterocycles. The van der Waals surface area contributed by atoms with Crippen LogP contribution in [0.1, 0.15) is 43.5 Å². The lowest BCUT2D eigenvalue weighted by atomic mass is 10.0. The van der Waals surface area contributed by atoms with Crippen LogP contribution >= 0.6 is 11.6 Å². The van der Waals surface area contributed by atoms with Gasteiger partial charge in [-0.3, -0.25) is 0 Å². The summed E-state index contributed by atoms with van der Waals surface area (Å²) in [7, 11) is 0. The summed E-state index contributed by atoms with van der Waals surface area (Å²) in [6, 6.07) is 7.43. The molecule has 4 aromatic rings. The lowest BCUT2D eigenvalue weighted by Gasteiger charge is -2.11. The summed E-state index contributed by atoms with van der Waals surface area (Å²) in [5, 5.41) is 1.80. The van der Waals surface area contributed by atoms with E-state index in [0.717, 1.165) is 54.4 Å². The zero-order valence-corrected chi connectivity index (χ0v) is 18.0. The minimum Gasteiger partial charge on any atom is -0.382 e. The number of benzene rings is 1. The lowest BCUT2D eigenvalue weighted by molar-refractivity contribution is 0.603. The third kappa shape index (κ3) is 3.65. The maximum atomic E-state index is 14.5. The number of aromatic nitrogens is 4. The van der Waals surface area contributed by atoms with Crippen molar-refractivity contribution >= 4 is 39.4 Å². The summed E-state index contributed by atoms with van der Waals surface area (Å²) in [4.78, 5) is 13.2. The highest BCUT2D eigenvalue weighted by Gasteiger charge is 2.20. The number of allylic oxidation sites excluding steroid dienone is 2. The predicted molar refractivity (Wildman–Crippen MR) is 123 cm³/mol. The lowest BCUT2D eigenvalue weighted by Crippen LogP contribution is -2.03. The first-order chi connectivity index (χ1) is 15.0. The molecule has 0 fully saturated rings. The van der Waals surface area contributed by atoms with E-state index in [2.05, 4.69) is 44.8 Å². The highest BCUT2D eigenvalue weighted by atomic mass is 35.5. The summed E-state index contributed by atoms with van der Waals surface area (Å²) in [6.07, 6.45) is 10.7. The van der Waals surface area contributed by atoms with E-state index < -0.39 is 0 Å². The molecule has 0 spiro atoms. The molecule has 1 aromatic carbocycles. The summed E-state index contributed by atoms with van der Waals surface area (Å²) in [6.45, 7) is 2.11. The van der Waals surface area contributed by atoms with Gasteiger partial charge in [0.25, 0.3) is 0 Å². The highest BCUT2D eigenvalue weighted by molar-refractivity contribution is 6.33. The molecule has 0 saturated carbocycles. The fourth-order valence-corrected chi connectivity index (χ4v) is 4.65. The first-order valence-corrected chi connectivity index (χ1v) is 11.0. The molecule has 31 heavy (non-hydrogen) atoms. The minimum atomic E-state index is -0.314. The molecule has 0 bridgehead atoms. The smallest absolute Gasteiger partial charge is 0.144 e. The zero-order chi connectivity index (χ0) is 21.5. The molecule has 1 unspecified atom stereocenters. The van der Waals surface area contributed by atoms with E-state index in [0.29, 0.717) is 16.9 Å². The van der Waals surface area contributed by atoms with Crippen LogP contribution in [0, 0.1) is 5.82 Å². The minimum absolute atomic E-state index is 0.223. The van der Waals surface area contributed by atoms with E-state index in [-0.39, 0.29) is 16.7 Å². The maximum absolute atomic E-state index is 14.5. The van der Waals surface area contributed by atoms with Gasteiger partial charge in [-0.25, -0.2) is 19.3 Å². The Balaban J connectivity index is 1.35. The number of anilines is 1. The monoisotopic (exact) mass is 435 g/mol. The maximum Gasteiger partial charge on any atom is 0.144 e. The van der Waals surface area contributed by atoms with E-state index in [4.69, 9.17) is 17.3 Å². The van der Waals surface area contributed by atoms with Crippen molar-refractivity contribution in [3.05, 3.63) is 70.5 Å². The summed E-state index contributed by atoms with van der Waals surface area (Å²) < 4.78 is 16.8. The van der Waals surface area contributed by atoms with Crippen molar-refractivity contribution in [1.82, 2.24) is 19.5 Å². The second kappa shape index (κ2) is 7.93. The van der Waals surface area contributed by atoms with Gasteiger partial charge in [-0.2, -0.15) is 0 Å². The number of aryl methyl sites for hydroxylation is 2. The molecule has 1 atom stereocenters. The van der Waals surface area contributed by atoms with Crippen molar-refractivity contribution in [2.24, 2.45) is 0 Å². The number of pyridine rings is 1. The molecule has 0 saturated heterocycles. The van der Waals surface area contributed by atoms with E-state index >= 15 is 0 Å². The predicted octanol–water partition coefficient (Wildman–Crippen LogP) is 5.81. The van der Waals surface area contributed by atoms with E-state index in [1.165, 1.54) is 11.6 Å². The third-order valence-electron chi connectivity index (χ3n) is 6.13. The van der Waals surface area contributed by atoms with Crippen molar-refractivity contribution in [2.45, 2.75) is 45.1 Å². The number of nitrogens with two attached hydrogens (primary N) is 1. The van der Waals surface area contributed by atoms with Gasteiger partial charge < -0.3 is 10.3 Å². The molecule has 2 N–H and O–H groups in total. The van der Waals surface area contributed by atoms with Crippen molar-refractivity contribution in [3.8, 4) is 0 Å². The van der Waals surface area contributed by atoms with Gasteiger partial charge in [-0.05, 0) is 61.9 Å². The number of nitrogen functional groups attached to an aromatic ring is 1. The first-order valence-electron chi connectivity index (χ1n) is 10.6. The molecule has 0 radical (unpaired) electrons. The van der Waals surface area contributed by atoms with Crippen LogP contribution in [0.2, 0.25) is 5.02 Å². The number of halogens is 2. The Morgan fingerprint density at radius 3 is 2.90 bits per heavy atom. The van der Waals surface area contributed by atoms with Crippen LogP contribution in [0.3, 0.4) is 0 Å². The van der Waals surface area contributed by atoms with E-state index in [9.17, 15) is 4.39 Å². The molecule has 5 rings (SSSR count). The van der Waals surface area contributed by atoms with Crippen LogP contribution in [0.25, 0.3) is 21.9 Å². The number of nitrogens with zero attached hydrogens (tertiary/aromatic N) is 4. The number of rotatable bonds is 5. The SMILES string of the molecule is CCc1ncnc2c1ccn2C1C=C(CCc2cc(F)c3cc(Cl)c(N)nc3c2)CC1. The van der Waals surface area contributed by atoms with E-state index in [1.807, 2.05) is 6.07 Å². The van der Waals surface area contributed by atoms with Crippen LogP contribution in [0.4, 0.5) is 10.2 Å². The molecule has 158 valence electrons. The van der Waals surface area contributed by atoms with Crippen molar-refractivity contribution in [2.75, 3.05) is 5.73 Å². The van der Waals surface area contributed by atoms with Crippen LogP contribution in [-0.4, -0.2) is 19.5 Å². The number of hydrogen-bond acceptors (Lipinski definition) is 4. The normalized spacial score (nSPS) is 16.4. The van der Waals surface area contributed by atoms with E-state index in [1.54, 1.807) is 12.4 Å². The molecule has 1 aliphatic rings. The Bertz CT molecular complexity index is 1330. The molecular weight excluding hydrogens is 413 g/mol. The molecule has 3 aromatic heterocycles. The molecule has 5 nitrogen and oxygen atoms in total. The Hall–Kier alpha value is -2.99. The summed E-state index contributed by atoms with van der Waals surface area (Å²) in [5.74, 6) is -0.0912. The zero-order valence-electron chi connectivity index (χ0n) is 17.3. The topological polar surface area (TPSA) is 69.6 Å². The van der Waals surface area contributed by atoms with Crippen molar-refractivity contribution < 1.29 is 4.39 Å². The molecule has 3 heterocycles. The number of hydrogen-bond donors (Lipinski definition) is 1. The standard InChI is InChI=1S/C24H23ClFN5/c1-2-21-17-7-8-31(24(17)29-13-28-21)16-6-5-14(9-16)3-4-15-10-20(26)18-12-19(25)23(27)30-22(18)11-15/h7-13,16H,2-6H2,1H3,(H2,27,30). The Labute approximate surface area is 184 Å². The van der Waals surface area contributed by atoms with Gasteiger partial charge >= 0.3 is 0 Å². The van der Waals surface area contributed by atoms with Crippen LogP contribution in [0.5, 0.6) is 0 Å². The average molecular weight is 436 g/mol. The summed E-state index contributed by atoms with van der Waals surface area (Å²) >= 11 is 5.98. The number of fused-ring (bicyclic) bond motifs is 2. The van der Waals surface area contributed by atoms with Gasteiger partial charge in [0, 0.05) is 17.0 Å². The Morgan fingerprint density at radius 2 is 2.06 bits per heavy atom. The average Bonchev–Trinajstić information content (AvgIpc) is 3.40. The van der Waals surface area contributed by atoms with Crippen LogP contribution < -0.4 is 5.73 Å². The second-order valence-electron chi connectivity index (χ2n) is 8.06. The molecule has 1 aliphatic carbocycles. The molecular formula is C24H23ClFN5. The quantitative estimate of drug-likeness (QED) is 0.401.